The van der Waals surface area contributed by atoms with E-state index in [1.54, 1.807) is 12.1 Å². The summed E-state index contributed by atoms with van der Waals surface area (Å²) in [5.41, 5.74) is 2.24. The first-order chi connectivity index (χ1) is 11.7. The highest BCUT2D eigenvalue weighted by Gasteiger charge is 2.11. The van der Waals surface area contributed by atoms with Crippen LogP contribution >= 0.6 is 0 Å². The molecule has 6 heteroatoms. The fourth-order valence-electron chi connectivity index (χ4n) is 2.69. The maximum Gasteiger partial charge on any atom is 0.336 e. The Hall–Kier alpha value is -3.41. The van der Waals surface area contributed by atoms with Crippen LogP contribution in [-0.2, 0) is 11.2 Å². The molecular weight excluding hydrogens is 306 g/mol. The SMILES string of the molecule is O=C(Cc1cc(=O)oc2ccccc12)Nc1nc2ccccc2[nH]1. The van der Waals surface area contributed by atoms with Gasteiger partial charge in [-0.25, -0.2) is 9.78 Å². The summed E-state index contributed by atoms with van der Waals surface area (Å²) in [6, 6.07) is 16.0. The summed E-state index contributed by atoms with van der Waals surface area (Å²) in [5, 5.41) is 3.47. The summed E-state index contributed by atoms with van der Waals surface area (Å²) in [6.45, 7) is 0. The van der Waals surface area contributed by atoms with Crippen molar-refractivity contribution in [2.45, 2.75) is 6.42 Å². The zero-order valence-corrected chi connectivity index (χ0v) is 12.6. The molecule has 0 bridgehead atoms. The second-order valence-corrected chi connectivity index (χ2v) is 5.41. The van der Waals surface area contributed by atoms with Crippen LogP contribution < -0.4 is 10.9 Å². The molecule has 0 spiro atoms. The molecule has 2 N–H and O–H groups in total. The summed E-state index contributed by atoms with van der Waals surface area (Å²) in [5.74, 6) is 0.123. The van der Waals surface area contributed by atoms with Crippen molar-refractivity contribution in [2.24, 2.45) is 0 Å². The molecule has 6 nitrogen and oxygen atoms in total. The third-order valence-electron chi connectivity index (χ3n) is 3.73. The number of nitrogens with zero attached hydrogens (tertiary/aromatic N) is 1. The number of amides is 1. The molecule has 4 rings (SSSR count). The maximum atomic E-state index is 12.3. The van der Waals surface area contributed by atoms with Gasteiger partial charge < -0.3 is 9.40 Å². The van der Waals surface area contributed by atoms with Crippen molar-refractivity contribution in [3.05, 3.63) is 70.6 Å². The molecule has 118 valence electrons. The van der Waals surface area contributed by atoms with E-state index < -0.39 is 5.63 Å². The monoisotopic (exact) mass is 319 g/mol. The highest BCUT2D eigenvalue weighted by molar-refractivity contribution is 5.95. The van der Waals surface area contributed by atoms with E-state index in [1.165, 1.54) is 6.07 Å². The van der Waals surface area contributed by atoms with E-state index in [0.29, 0.717) is 17.1 Å². The number of hydrogen-bond acceptors (Lipinski definition) is 4. The third-order valence-corrected chi connectivity index (χ3v) is 3.73. The van der Waals surface area contributed by atoms with Crippen LogP contribution in [0.4, 0.5) is 5.95 Å². The van der Waals surface area contributed by atoms with Crippen LogP contribution in [-0.4, -0.2) is 15.9 Å². The summed E-state index contributed by atoms with van der Waals surface area (Å²) in [4.78, 5) is 31.3. The number of imidazole rings is 1. The number of aromatic nitrogens is 2. The van der Waals surface area contributed by atoms with Gasteiger partial charge >= 0.3 is 5.63 Å². The van der Waals surface area contributed by atoms with Crippen LogP contribution in [0.3, 0.4) is 0 Å². The van der Waals surface area contributed by atoms with Gasteiger partial charge in [-0.05, 0) is 23.8 Å². The van der Waals surface area contributed by atoms with Gasteiger partial charge in [0.05, 0.1) is 17.5 Å². The number of aromatic amines is 1. The Balaban J connectivity index is 1.61. The van der Waals surface area contributed by atoms with Crippen LogP contribution in [0, 0.1) is 0 Å². The first-order valence-corrected chi connectivity index (χ1v) is 7.45. The molecule has 2 aromatic carbocycles. The number of H-pyrrole nitrogens is 1. The molecule has 0 radical (unpaired) electrons. The van der Waals surface area contributed by atoms with Gasteiger partial charge in [0.1, 0.15) is 5.58 Å². The Morgan fingerprint density at radius 1 is 1.12 bits per heavy atom. The largest absolute Gasteiger partial charge is 0.423 e. The van der Waals surface area contributed by atoms with Crippen molar-refractivity contribution in [1.82, 2.24) is 9.97 Å². The van der Waals surface area contributed by atoms with Crippen molar-refractivity contribution < 1.29 is 9.21 Å². The molecule has 24 heavy (non-hydrogen) atoms. The molecule has 0 saturated carbocycles. The van der Waals surface area contributed by atoms with Gasteiger partial charge in [0.15, 0.2) is 0 Å². The van der Waals surface area contributed by atoms with E-state index in [4.69, 9.17) is 4.42 Å². The molecule has 2 heterocycles. The summed E-state index contributed by atoms with van der Waals surface area (Å²) >= 11 is 0. The van der Waals surface area contributed by atoms with Crippen LogP contribution in [0.15, 0.2) is 63.8 Å². The lowest BCUT2D eigenvalue weighted by molar-refractivity contribution is -0.115. The average Bonchev–Trinajstić information content (AvgIpc) is 2.96. The Labute approximate surface area is 136 Å². The molecule has 0 saturated heterocycles. The number of carbonyl (C=O) groups is 1. The van der Waals surface area contributed by atoms with Gasteiger partial charge in [-0.2, -0.15) is 0 Å². The second kappa shape index (κ2) is 5.66. The number of fused-ring (bicyclic) bond motifs is 2. The third kappa shape index (κ3) is 2.65. The lowest BCUT2D eigenvalue weighted by atomic mass is 10.1. The van der Waals surface area contributed by atoms with Crippen LogP contribution in [0.1, 0.15) is 5.56 Å². The second-order valence-electron chi connectivity index (χ2n) is 5.41. The van der Waals surface area contributed by atoms with Gasteiger partial charge in [-0.3, -0.25) is 10.1 Å². The number of hydrogen-bond donors (Lipinski definition) is 2. The van der Waals surface area contributed by atoms with Crippen LogP contribution in [0.25, 0.3) is 22.0 Å². The molecule has 4 aromatic rings. The molecule has 0 unspecified atom stereocenters. The van der Waals surface area contributed by atoms with Gasteiger partial charge in [0.25, 0.3) is 0 Å². The van der Waals surface area contributed by atoms with Crippen molar-refractivity contribution in [1.29, 1.82) is 0 Å². The van der Waals surface area contributed by atoms with E-state index in [0.717, 1.165) is 16.4 Å². The number of anilines is 1. The van der Waals surface area contributed by atoms with E-state index in [1.807, 2.05) is 36.4 Å². The Morgan fingerprint density at radius 3 is 2.79 bits per heavy atom. The fourth-order valence-corrected chi connectivity index (χ4v) is 2.69. The van der Waals surface area contributed by atoms with Gasteiger partial charge in [0, 0.05) is 11.5 Å². The zero-order valence-electron chi connectivity index (χ0n) is 12.6. The first kappa shape index (κ1) is 14.2. The molecule has 2 aromatic heterocycles. The topological polar surface area (TPSA) is 88.0 Å². The standard InChI is InChI=1S/C18H13N3O3/c22-16(21-18-19-13-6-2-3-7-14(13)20-18)9-11-10-17(23)24-15-8-4-1-5-12(11)15/h1-8,10H,9H2,(H2,19,20,21,22). The van der Waals surface area contributed by atoms with Gasteiger partial charge in [-0.15, -0.1) is 0 Å². The van der Waals surface area contributed by atoms with Gasteiger partial charge in [-0.1, -0.05) is 30.3 Å². The molecule has 1 amide bonds. The Kier molecular flexibility index (Phi) is 3.35. The van der Waals surface area contributed by atoms with E-state index in [2.05, 4.69) is 15.3 Å². The van der Waals surface area contributed by atoms with Crippen LogP contribution in [0.2, 0.25) is 0 Å². The number of rotatable bonds is 3. The smallest absolute Gasteiger partial charge is 0.336 e. The highest BCUT2D eigenvalue weighted by Crippen LogP contribution is 2.18. The minimum atomic E-state index is -0.472. The summed E-state index contributed by atoms with van der Waals surface area (Å²) in [6.07, 6.45) is 0.0587. The molecule has 0 aliphatic carbocycles. The van der Waals surface area contributed by atoms with Crippen molar-refractivity contribution in [3.8, 4) is 0 Å². The van der Waals surface area contributed by atoms with Crippen molar-refractivity contribution in [2.75, 3.05) is 5.32 Å². The predicted molar refractivity (Wildman–Crippen MR) is 90.9 cm³/mol. The molecule has 0 fully saturated rings. The van der Waals surface area contributed by atoms with E-state index in [9.17, 15) is 9.59 Å². The zero-order chi connectivity index (χ0) is 16.5. The normalized spacial score (nSPS) is 11.0. The minimum absolute atomic E-state index is 0.0587. The number of para-hydroxylation sites is 3. The Bertz CT molecular complexity index is 1080. The highest BCUT2D eigenvalue weighted by atomic mass is 16.4. The first-order valence-electron chi connectivity index (χ1n) is 7.45. The maximum absolute atomic E-state index is 12.3. The van der Waals surface area contributed by atoms with Crippen molar-refractivity contribution in [3.63, 3.8) is 0 Å². The number of nitrogens with one attached hydrogen (secondary N) is 2. The molecule has 0 atom stereocenters. The van der Waals surface area contributed by atoms with Crippen molar-refractivity contribution >= 4 is 33.9 Å². The lowest BCUT2D eigenvalue weighted by Crippen LogP contribution is -2.16. The van der Waals surface area contributed by atoms with Gasteiger partial charge in [0.2, 0.25) is 11.9 Å². The minimum Gasteiger partial charge on any atom is -0.423 e. The summed E-state index contributed by atoms with van der Waals surface area (Å²) in [7, 11) is 0. The Morgan fingerprint density at radius 2 is 1.92 bits per heavy atom. The van der Waals surface area contributed by atoms with E-state index in [-0.39, 0.29) is 12.3 Å². The van der Waals surface area contributed by atoms with Crippen LogP contribution in [0.5, 0.6) is 0 Å². The number of benzene rings is 2. The fraction of sp³-hybridized carbons (Fsp3) is 0.0556. The van der Waals surface area contributed by atoms with E-state index >= 15 is 0 Å². The molecular formula is C18H13N3O3. The molecule has 0 aliphatic rings. The average molecular weight is 319 g/mol. The lowest BCUT2D eigenvalue weighted by Gasteiger charge is -2.05. The summed E-state index contributed by atoms with van der Waals surface area (Å²) < 4.78 is 5.14. The number of carbonyl (C=O) groups excluding carboxylic acids is 1. The predicted octanol–water partition coefficient (Wildman–Crippen LogP) is 2.85. The quantitative estimate of drug-likeness (QED) is 0.568. The molecule has 0 aliphatic heterocycles.